The van der Waals surface area contributed by atoms with E-state index in [2.05, 4.69) is 11.4 Å². The Bertz CT molecular complexity index is 411. The van der Waals surface area contributed by atoms with E-state index in [1.54, 1.807) is 7.11 Å². The number of rotatable bonds is 4. The summed E-state index contributed by atoms with van der Waals surface area (Å²) in [4.78, 5) is 11.5. The van der Waals surface area contributed by atoms with Crippen LogP contribution in [-0.4, -0.2) is 13.0 Å². The highest BCUT2D eigenvalue weighted by Gasteiger charge is 2.08. The molecule has 0 atom stereocenters. The monoisotopic (exact) mass is 235 g/mol. The molecule has 0 heterocycles. The summed E-state index contributed by atoms with van der Waals surface area (Å²) in [5, 5.41) is 2.92. The number of hydrogen-bond donors (Lipinski definition) is 1. The maximum absolute atomic E-state index is 11.5. The minimum absolute atomic E-state index is 0.0228. The molecule has 0 aromatic heterocycles. The Kier molecular flexibility index (Phi) is 4.55. The topological polar surface area (TPSA) is 38.3 Å². The van der Waals surface area contributed by atoms with Crippen LogP contribution >= 0.6 is 0 Å². The van der Waals surface area contributed by atoms with E-state index in [0.29, 0.717) is 6.54 Å². The highest BCUT2D eigenvalue weighted by atomic mass is 16.5. The minimum atomic E-state index is 0.0228. The molecule has 0 aliphatic rings. The number of ether oxygens (including phenoxy) is 1. The van der Waals surface area contributed by atoms with E-state index in [-0.39, 0.29) is 11.8 Å². The molecule has 0 aliphatic heterocycles. The first-order chi connectivity index (χ1) is 7.95. The van der Waals surface area contributed by atoms with Gasteiger partial charge < -0.3 is 10.1 Å². The summed E-state index contributed by atoms with van der Waals surface area (Å²) < 4.78 is 5.26. The maximum atomic E-state index is 11.5. The zero-order valence-electron chi connectivity index (χ0n) is 11.3. The van der Waals surface area contributed by atoms with Crippen molar-refractivity contribution in [2.45, 2.75) is 34.2 Å². The molecule has 94 valence electrons. The van der Waals surface area contributed by atoms with Crippen molar-refractivity contribution >= 4 is 5.91 Å². The van der Waals surface area contributed by atoms with Gasteiger partial charge in [0, 0.05) is 12.5 Å². The molecule has 0 fully saturated rings. The van der Waals surface area contributed by atoms with Gasteiger partial charge in [-0.25, -0.2) is 0 Å². The molecular weight excluding hydrogens is 214 g/mol. The summed E-state index contributed by atoms with van der Waals surface area (Å²) in [6.07, 6.45) is 0. The number of carbonyl (C=O) groups is 1. The fourth-order valence-electron chi connectivity index (χ4n) is 1.65. The Morgan fingerprint density at radius 1 is 1.29 bits per heavy atom. The van der Waals surface area contributed by atoms with Crippen LogP contribution in [0.4, 0.5) is 0 Å². The van der Waals surface area contributed by atoms with Crippen molar-refractivity contribution in [3.05, 3.63) is 28.8 Å². The first kappa shape index (κ1) is 13.6. The van der Waals surface area contributed by atoms with Gasteiger partial charge in [-0.05, 0) is 36.6 Å². The van der Waals surface area contributed by atoms with Crippen molar-refractivity contribution in [2.24, 2.45) is 5.92 Å². The highest BCUT2D eigenvalue weighted by Crippen LogP contribution is 2.22. The van der Waals surface area contributed by atoms with Gasteiger partial charge in [-0.1, -0.05) is 19.9 Å². The molecule has 17 heavy (non-hydrogen) atoms. The van der Waals surface area contributed by atoms with Crippen LogP contribution in [0, 0.1) is 19.8 Å². The Morgan fingerprint density at radius 3 is 2.47 bits per heavy atom. The first-order valence-electron chi connectivity index (χ1n) is 5.87. The van der Waals surface area contributed by atoms with Gasteiger partial charge in [0.05, 0.1) is 7.11 Å². The fourth-order valence-corrected chi connectivity index (χ4v) is 1.65. The molecule has 0 spiro atoms. The highest BCUT2D eigenvalue weighted by molar-refractivity contribution is 5.77. The van der Waals surface area contributed by atoms with E-state index < -0.39 is 0 Å². The van der Waals surface area contributed by atoms with E-state index in [9.17, 15) is 4.79 Å². The van der Waals surface area contributed by atoms with Crippen LogP contribution in [0.5, 0.6) is 5.75 Å². The van der Waals surface area contributed by atoms with E-state index in [4.69, 9.17) is 4.74 Å². The van der Waals surface area contributed by atoms with Crippen LogP contribution in [0.15, 0.2) is 12.1 Å². The van der Waals surface area contributed by atoms with Crippen LogP contribution in [0.25, 0.3) is 0 Å². The number of hydrogen-bond acceptors (Lipinski definition) is 2. The number of aryl methyl sites for hydroxylation is 2. The van der Waals surface area contributed by atoms with Gasteiger partial charge in [0.15, 0.2) is 0 Å². The smallest absolute Gasteiger partial charge is 0.222 e. The van der Waals surface area contributed by atoms with Crippen LogP contribution in [-0.2, 0) is 11.3 Å². The number of nitrogens with one attached hydrogen (secondary N) is 1. The lowest BCUT2D eigenvalue weighted by atomic mass is 10.0. The average molecular weight is 235 g/mol. The first-order valence-corrected chi connectivity index (χ1v) is 5.87. The summed E-state index contributed by atoms with van der Waals surface area (Å²) in [7, 11) is 1.67. The summed E-state index contributed by atoms with van der Waals surface area (Å²) in [6, 6.07) is 4.07. The number of carbonyl (C=O) groups excluding carboxylic acids is 1. The Balaban J connectivity index is 2.79. The maximum Gasteiger partial charge on any atom is 0.222 e. The second kappa shape index (κ2) is 5.71. The number of methoxy groups -OCH3 is 1. The summed E-state index contributed by atoms with van der Waals surface area (Å²) >= 11 is 0. The average Bonchev–Trinajstić information content (AvgIpc) is 2.29. The zero-order valence-corrected chi connectivity index (χ0v) is 11.3. The van der Waals surface area contributed by atoms with Crippen molar-refractivity contribution in [3.8, 4) is 5.75 Å². The largest absolute Gasteiger partial charge is 0.496 e. The molecule has 0 bridgehead atoms. The predicted molar refractivity (Wildman–Crippen MR) is 69.2 cm³/mol. The van der Waals surface area contributed by atoms with Gasteiger partial charge in [-0.3, -0.25) is 4.79 Å². The van der Waals surface area contributed by atoms with E-state index in [1.807, 2.05) is 33.8 Å². The summed E-state index contributed by atoms with van der Waals surface area (Å²) in [5.74, 6) is 0.994. The van der Waals surface area contributed by atoms with Crippen LogP contribution in [0.2, 0.25) is 0 Å². The lowest BCUT2D eigenvalue weighted by Crippen LogP contribution is -2.27. The van der Waals surface area contributed by atoms with Crippen LogP contribution in [0.1, 0.15) is 30.5 Å². The van der Waals surface area contributed by atoms with E-state index in [1.165, 1.54) is 0 Å². The van der Waals surface area contributed by atoms with Gasteiger partial charge in [0.1, 0.15) is 5.75 Å². The van der Waals surface area contributed by atoms with Gasteiger partial charge >= 0.3 is 0 Å². The van der Waals surface area contributed by atoms with E-state index in [0.717, 1.165) is 22.4 Å². The Hall–Kier alpha value is -1.51. The van der Waals surface area contributed by atoms with Crippen molar-refractivity contribution in [3.63, 3.8) is 0 Å². The fraction of sp³-hybridized carbons (Fsp3) is 0.500. The predicted octanol–water partition coefficient (Wildman–Crippen LogP) is 2.58. The molecule has 1 aromatic rings. The van der Waals surface area contributed by atoms with E-state index >= 15 is 0 Å². The molecule has 0 saturated carbocycles. The molecule has 3 heteroatoms. The molecule has 0 radical (unpaired) electrons. The van der Waals surface area contributed by atoms with Crippen molar-refractivity contribution in [1.82, 2.24) is 5.32 Å². The second-order valence-corrected chi connectivity index (χ2v) is 4.62. The quantitative estimate of drug-likeness (QED) is 0.871. The third kappa shape index (κ3) is 3.48. The molecule has 0 unspecified atom stereocenters. The third-order valence-electron chi connectivity index (χ3n) is 2.83. The van der Waals surface area contributed by atoms with Gasteiger partial charge in [0.25, 0.3) is 0 Å². The van der Waals surface area contributed by atoms with Crippen molar-refractivity contribution in [2.75, 3.05) is 7.11 Å². The summed E-state index contributed by atoms with van der Waals surface area (Å²) in [5.41, 5.74) is 3.36. The normalized spacial score (nSPS) is 10.5. The minimum Gasteiger partial charge on any atom is -0.496 e. The molecule has 3 nitrogen and oxygen atoms in total. The molecule has 1 rings (SSSR count). The standard InChI is InChI=1S/C14H21NO2/c1-9(2)14(16)15-8-12-6-11(4)13(17-5)7-10(12)3/h6-7,9H,8H2,1-5H3,(H,15,16). The number of amides is 1. The third-order valence-corrected chi connectivity index (χ3v) is 2.83. The lowest BCUT2D eigenvalue weighted by Gasteiger charge is -2.13. The molecule has 0 aliphatic carbocycles. The Labute approximate surface area is 103 Å². The van der Waals surface area contributed by atoms with Gasteiger partial charge in [-0.15, -0.1) is 0 Å². The number of benzene rings is 1. The molecule has 1 amide bonds. The summed E-state index contributed by atoms with van der Waals surface area (Å²) in [6.45, 7) is 8.39. The van der Waals surface area contributed by atoms with Gasteiger partial charge in [0.2, 0.25) is 5.91 Å². The lowest BCUT2D eigenvalue weighted by molar-refractivity contribution is -0.124. The second-order valence-electron chi connectivity index (χ2n) is 4.62. The van der Waals surface area contributed by atoms with Crippen LogP contribution in [0.3, 0.4) is 0 Å². The Morgan fingerprint density at radius 2 is 1.94 bits per heavy atom. The molecule has 0 saturated heterocycles. The van der Waals surface area contributed by atoms with Crippen molar-refractivity contribution in [1.29, 1.82) is 0 Å². The molecule has 1 N–H and O–H groups in total. The molecular formula is C14H21NO2. The van der Waals surface area contributed by atoms with Crippen molar-refractivity contribution < 1.29 is 9.53 Å². The zero-order chi connectivity index (χ0) is 13.0. The van der Waals surface area contributed by atoms with Gasteiger partial charge in [-0.2, -0.15) is 0 Å². The molecule has 1 aromatic carbocycles. The van der Waals surface area contributed by atoms with Crippen LogP contribution < -0.4 is 10.1 Å². The SMILES string of the molecule is COc1cc(C)c(CNC(=O)C(C)C)cc1C.